The molecule has 4 heteroatoms. The fraction of sp³-hybridized carbons (Fsp3) is 0.333. The number of hydrogen-bond donors (Lipinski definition) is 0. The topological polar surface area (TPSA) is 35.0 Å². The van der Waals surface area contributed by atoms with E-state index in [4.69, 9.17) is 16.3 Å². The van der Waals surface area contributed by atoms with Crippen LogP contribution in [0.3, 0.4) is 0 Å². The quantitative estimate of drug-likeness (QED) is 0.493. The first kappa shape index (κ1) is 19.4. The summed E-state index contributed by atoms with van der Waals surface area (Å²) < 4.78 is 6.41. The monoisotopic (exact) mass is 356 g/mol. The van der Waals surface area contributed by atoms with Crippen molar-refractivity contribution in [3.8, 4) is 0 Å². The lowest BCUT2D eigenvalue weighted by molar-refractivity contribution is 0.00162. The molecular formula is C21H25ClN2O. The van der Waals surface area contributed by atoms with Crippen LogP contribution in [0.1, 0.15) is 33.4 Å². The van der Waals surface area contributed by atoms with E-state index in [-0.39, 0.29) is 5.92 Å². The second kappa shape index (κ2) is 8.93. The van der Waals surface area contributed by atoms with E-state index in [1.165, 1.54) is 6.33 Å². The molecule has 0 saturated heterocycles. The minimum absolute atomic E-state index is 0.207. The minimum Gasteiger partial charge on any atom is -0.365 e. The van der Waals surface area contributed by atoms with E-state index in [1.54, 1.807) is 6.07 Å². The number of halogens is 1. The van der Waals surface area contributed by atoms with Crippen LogP contribution < -0.4 is 0 Å². The zero-order valence-electron chi connectivity index (χ0n) is 15.2. The van der Waals surface area contributed by atoms with Gasteiger partial charge in [0.05, 0.1) is 17.9 Å². The fourth-order valence-corrected chi connectivity index (χ4v) is 2.84. The third-order valence-corrected chi connectivity index (χ3v) is 4.71. The molecule has 0 amide bonds. The van der Waals surface area contributed by atoms with E-state index in [9.17, 15) is 0 Å². The number of allylic oxidation sites excluding steroid dienone is 6. The lowest BCUT2D eigenvalue weighted by Crippen LogP contribution is -2.39. The molecule has 0 aromatic carbocycles. The average molecular weight is 357 g/mol. The molecule has 0 fully saturated rings. The number of ether oxygens (including phenoxy) is 1. The van der Waals surface area contributed by atoms with Crippen molar-refractivity contribution in [2.24, 2.45) is 5.92 Å². The third kappa shape index (κ3) is 4.77. The summed E-state index contributed by atoms with van der Waals surface area (Å²) in [7, 11) is 0. The van der Waals surface area contributed by atoms with E-state index in [1.807, 2.05) is 44.2 Å². The summed E-state index contributed by atoms with van der Waals surface area (Å²) in [5, 5.41) is 0.430. The van der Waals surface area contributed by atoms with Gasteiger partial charge in [-0.25, -0.2) is 9.97 Å². The molecule has 0 bridgehead atoms. The van der Waals surface area contributed by atoms with Gasteiger partial charge in [0, 0.05) is 17.6 Å². The average Bonchev–Trinajstić information content (AvgIpc) is 2.60. The van der Waals surface area contributed by atoms with Crippen molar-refractivity contribution in [3.63, 3.8) is 0 Å². The van der Waals surface area contributed by atoms with Gasteiger partial charge in [-0.3, -0.25) is 0 Å². The molecule has 2 atom stereocenters. The molecule has 2 rings (SSSR count). The van der Waals surface area contributed by atoms with Gasteiger partial charge in [-0.15, -0.1) is 0 Å². The lowest BCUT2D eigenvalue weighted by atomic mass is 9.78. The van der Waals surface area contributed by atoms with Crippen LogP contribution in [0.25, 0.3) is 5.57 Å². The maximum Gasteiger partial charge on any atom is 0.133 e. The van der Waals surface area contributed by atoms with Crippen LogP contribution in [-0.4, -0.2) is 22.2 Å². The smallest absolute Gasteiger partial charge is 0.133 e. The molecule has 1 heterocycles. The van der Waals surface area contributed by atoms with Crippen molar-refractivity contribution >= 4 is 17.2 Å². The van der Waals surface area contributed by atoms with Gasteiger partial charge in [0.15, 0.2) is 0 Å². The zero-order valence-corrected chi connectivity index (χ0v) is 16.0. The molecule has 3 nitrogen and oxygen atoms in total. The Morgan fingerprint density at radius 3 is 2.80 bits per heavy atom. The Balaban J connectivity index is 2.25. The highest BCUT2D eigenvalue weighted by Gasteiger charge is 2.38. The summed E-state index contributed by atoms with van der Waals surface area (Å²) in [5.74, 6) is 0.207. The molecule has 0 aliphatic heterocycles. The molecule has 0 spiro atoms. The van der Waals surface area contributed by atoms with E-state index in [0.717, 1.165) is 16.8 Å². The van der Waals surface area contributed by atoms with E-state index in [0.29, 0.717) is 11.8 Å². The van der Waals surface area contributed by atoms with Crippen LogP contribution in [0.2, 0.25) is 5.15 Å². The van der Waals surface area contributed by atoms with Crippen LogP contribution in [0.5, 0.6) is 0 Å². The van der Waals surface area contributed by atoms with Crippen molar-refractivity contribution in [1.82, 2.24) is 9.97 Å². The SMILES string of the molecule is C\C=C/C=C\C(=C/C)COC1(C)C(c2cc(Cl)ncn2)=CC=CC1C. The molecule has 132 valence electrons. The van der Waals surface area contributed by atoms with Crippen LogP contribution in [0, 0.1) is 5.92 Å². The zero-order chi connectivity index (χ0) is 18.3. The Morgan fingerprint density at radius 2 is 2.12 bits per heavy atom. The molecule has 1 aromatic rings. The Morgan fingerprint density at radius 1 is 1.32 bits per heavy atom. The van der Waals surface area contributed by atoms with E-state index in [2.05, 4.69) is 42.0 Å². The standard InChI is InChI=1S/C21H25ClN2O/c1-5-7-8-11-17(6-2)14-25-21(4)16(3)10-9-12-18(21)19-13-20(22)24-15-23-19/h5-13,15-16H,14H2,1-4H3/b7-5-,11-8-,17-6+. The second-order valence-electron chi connectivity index (χ2n) is 6.12. The van der Waals surface area contributed by atoms with Crippen molar-refractivity contribution < 1.29 is 4.74 Å². The maximum atomic E-state index is 6.41. The van der Waals surface area contributed by atoms with Crippen molar-refractivity contribution in [2.75, 3.05) is 6.61 Å². The predicted molar refractivity (Wildman–Crippen MR) is 105 cm³/mol. The highest BCUT2D eigenvalue weighted by molar-refractivity contribution is 6.29. The van der Waals surface area contributed by atoms with Gasteiger partial charge in [0.25, 0.3) is 0 Å². The molecule has 1 aliphatic carbocycles. The Kier molecular flexibility index (Phi) is 6.91. The normalized spacial score (nSPS) is 24.3. The van der Waals surface area contributed by atoms with Gasteiger partial charge in [0.1, 0.15) is 11.5 Å². The molecule has 1 aromatic heterocycles. The lowest BCUT2D eigenvalue weighted by Gasteiger charge is -2.38. The Hall–Kier alpha value is -1.97. The molecule has 1 aliphatic rings. The van der Waals surface area contributed by atoms with Crippen molar-refractivity contribution in [3.05, 3.63) is 77.4 Å². The van der Waals surface area contributed by atoms with Crippen molar-refractivity contribution in [2.45, 2.75) is 33.3 Å². The third-order valence-electron chi connectivity index (χ3n) is 4.50. The highest BCUT2D eigenvalue weighted by atomic mass is 35.5. The summed E-state index contributed by atoms with van der Waals surface area (Å²) in [6.07, 6.45) is 17.9. The first-order valence-electron chi connectivity index (χ1n) is 8.46. The molecule has 2 unspecified atom stereocenters. The number of nitrogens with zero attached hydrogens (tertiary/aromatic N) is 2. The van der Waals surface area contributed by atoms with E-state index >= 15 is 0 Å². The first-order valence-corrected chi connectivity index (χ1v) is 8.84. The van der Waals surface area contributed by atoms with Gasteiger partial charge < -0.3 is 4.74 Å². The minimum atomic E-state index is -0.491. The number of aromatic nitrogens is 2. The molecule has 0 N–H and O–H groups in total. The highest BCUT2D eigenvalue weighted by Crippen LogP contribution is 2.40. The van der Waals surface area contributed by atoms with Crippen LogP contribution in [-0.2, 0) is 4.74 Å². The summed E-state index contributed by atoms with van der Waals surface area (Å²) in [5.41, 5.74) is 2.45. The summed E-state index contributed by atoms with van der Waals surface area (Å²) in [6, 6.07) is 1.78. The van der Waals surface area contributed by atoms with Crippen molar-refractivity contribution in [1.29, 1.82) is 0 Å². The molecule has 0 radical (unpaired) electrons. The van der Waals surface area contributed by atoms with Gasteiger partial charge >= 0.3 is 0 Å². The fourth-order valence-electron chi connectivity index (χ4n) is 2.69. The van der Waals surface area contributed by atoms with E-state index < -0.39 is 5.60 Å². The largest absolute Gasteiger partial charge is 0.365 e. The van der Waals surface area contributed by atoms with Gasteiger partial charge in [-0.1, -0.05) is 67.1 Å². The number of rotatable bonds is 6. The molecular weight excluding hydrogens is 332 g/mol. The van der Waals surface area contributed by atoms with Crippen LogP contribution in [0.4, 0.5) is 0 Å². The number of hydrogen-bond acceptors (Lipinski definition) is 3. The maximum absolute atomic E-state index is 6.41. The predicted octanol–water partition coefficient (Wildman–Crippen LogP) is 5.57. The van der Waals surface area contributed by atoms with Gasteiger partial charge in [-0.05, 0) is 26.3 Å². The Bertz CT molecular complexity index is 746. The van der Waals surface area contributed by atoms with Gasteiger partial charge in [0.2, 0.25) is 0 Å². The van der Waals surface area contributed by atoms with Crippen LogP contribution in [0.15, 0.2) is 66.6 Å². The summed E-state index contributed by atoms with van der Waals surface area (Å²) >= 11 is 6.05. The van der Waals surface area contributed by atoms with Crippen LogP contribution >= 0.6 is 11.6 Å². The summed E-state index contributed by atoms with van der Waals surface area (Å²) in [4.78, 5) is 8.36. The molecule has 25 heavy (non-hydrogen) atoms. The van der Waals surface area contributed by atoms with Gasteiger partial charge in [-0.2, -0.15) is 0 Å². The first-order chi connectivity index (χ1) is 12.0. The second-order valence-corrected chi connectivity index (χ2v) is 6.51. The summed E-state index contributed by atoms with van der Waals surface area (Å²) in [6.45, 7) is 8.79. The molecule has 0 saturated carbocycles. The Labute approximate surface area is 155 Å².